The zero-order valence-corrected chi connectivity index (χ0v) is 10.9. The lowest BCUT2D eigenvalue weighted by Gasteiger charge is -2.39. The van der Waals surface area contributed by atoms with Crippen LogP contribution in [0.2, 0.25) is 0 Å². The van der Waals surface area contributed by atoms with E-state index in [1.54, 1.807) is 0 Å². The quantitative estimate of drug-likeness (QED) is 0.785. The van der Waals surface area contributed by atoms with E-state index in [0.717, 1.165) is 12.6 Å². The minimum Gasteiger partial charge on any atom is -0.324 e. The van der Waals surface area contributed by atoms with Crippen LogP contribution in [0.3, 0.4) is 0 Å². The molecule has 2 aliphatic rings. The maximum atomic E-state index is 6.46. The van der Waals surface area contributed by atoms with Crippen molar-refractivity contribution < 1.29 is 0 Å². The SMILES string of the molecule is CN(C)C1CCCN(CC2(N)CCCC2)C1. The van der Waals surface area contributed by atoms with E-state index in [1.807, 2.05) is 0 Å². The Labute approximate surface area is 100.0 Å². The normalized spacial score (nSPS) is 31.1. The van der Waals surface area contributed by atoms with Gasteiger partial charge in [-0.3, -0.25) is 4.90 Å². The number of likely N-dealkylation sites (N-methyl/N-ethyl adjacent to an activating group) is 1. The monoisotopic (exact) mass is 225 g/mol. The largest absolute Gasteiger partial charge is 0.324 e. The number of nitrogens with two attached hydrogens (primary N) is 1. The van der Waals surface area contributed by atoms with Gasteiger partial charge in [-0.25, -0.2) is 0 Å². The average Bonchev–Trinajstić information content (AvgIpc) is 2.65. The van der Waals surface area contributed by atoms with Crippen LogP contribution in [-0.4, -0.2) is 55.1 Å². The van der Waals surface area contributed by atoms with Gasteiger partial charge >= 0.3 is 0 Å². The van der Waals surface area contributed by atoms with Crippen LogP contribution in [0.1, 0.15) is 38.5 Å². The molecule has 0 aromatic carbocycles. The Hall–Kier alpha value is -0.120. The molecular weight excluding hydrogens is 198 g/mol. The molecule has 2 N–H and O–H groups in total. The molecule has 94 valence electrons. The summed E-state index contributed by atoms with van der Waals surface area (Å²) in [5.74, 6) is 0. The van der Waals surface area contributed by atoms with Crippen molar-refractivity contribution in [3.05, 3.63) is 0 Å². The molecule has 0 aromatic heterocycles. The highest BCUT2D eigenvalue weighted by Gasteiger charge is 2.33. The molecule has 1 saturated heterocycles. The van der Waals surface area contributed by atoms with Crippen LogP contribution >= 0.6 is 0 Å². The van der Waals surface area contributed by atoms with Gasteiger partial charge in [0.2, 0.25) is 0 Å². The van der Waals surface area contributed by atoms with Gasteiger partial charge in [-0.1, -0.05) is 12.8 Å². The van der Waals surface area contributed by atoms with Gasteiger partial charge in [0.1, 0.15) is 0 Å². The molecule has 0 aromatic rings. The molecule has 0 bridgehead atoms. The molecule has 1 heterocycles. The number of likely N-dealkylation sites (tertiary alicyclic amines) is 1. The van der Waals surface area contributed by atoms with Crippen molar-refractivity contribution in [3.8, 4) is 0 Å². The highest BCUT2D eigenvalue weighted by Crippen LogP contribution is 2.29. The lowest BCUT2D eigenvalue weighted by atomic mass is 9.96. The molecule has 2 rings (SSSR count). The van der Waals surface area contributed by atoms with Crippen LogP contribution in [0.5, 0.6) is 0 Å². The predicted octanol–water partition coefficient (Wildman–Crippen LogP) is 1.28. The van der Waals surface area contributed by atoms with Crippen LogP contribution in [0.4, 0.5) is 0 Å². The first-order valence-corrected chi connectivity index (χ1v) is 6.77. The smallest absolute Gasteiger partial charge is 0.0283 e. The molecule has 1 aliphatic carbocycles. The number of hydrogen-bond acceptors (Lipinski definition) is 3. The van der Waals surface area contributed by atoms with Crippen LogP contribution < -0.4 is 5.73 Å². The molecule has 3 heteroatoms. The van der Waals surface area contributed by atoms with Crippen LogP contribution in [-0.2, 0) is 0 Å². The summed E-state index contributed by atoms with van der Waals surface area (Å²) in [5.41, 5.74) is 6.59. The van der Waals surface area contributed by atoms with Crippen LogP contribution in [0.25, 0.3) is 0 Å². The van der Waals surface area contributed by atoms with Crippen molar-refractivity contribution in [2.45, 2.75) is 50.1 Å². The molecule has 1 atom stereocenters. The van der Waals surface area contributed by atoms with Gasteiger partial charge in [-0.05, 0) is 46.3 Å². The third-order valence-electron chi connectivity index (χ3n) is 4.35. The van der Waals surface area contributed by atoms with Gasteiger partial charge in [0, 0.05) is 24.7 Å². The standard InChI is InChI=1S/C13H27N3/c1-15(2)12-6-5-9-16(10-12)11-13(14)7-3-4-8-13/h12H,3-11,14H2,1-2H3. The van der Waals surface area contributed by atoms with Crippen molar-refractivity contribution in [2.24, 2.45) is 5.73 Å². The van der Waals surface area contributed by atoms with Gasteiger partial charge < -0.3 is 10.6 Å². The number of rotatable bonds is 3. The topological polar surface area (TPSA) is 32.5 Å². The minimum atomic E-state index is 0.133. The maximum Gasteiger partial charge on any atom is 0.0283 e. The Bertz CT molecular complexity index is 221. The fourth-order valence-electron chi connectivity index (χ4n) is 3.28. The summed E-state index contributed by atoms with van der Waals surface area (Å²) in [6.45, 7) is 3.59. The number of piperidine rings is 1. The van der Waals surface area contributed by atoms with Gasteiger partial charge in [0.05, 0.1) is 0 Å². The average molecular weight is 225 g/mol. The third kappa shape index (κ3) is 2.96. The van der Waals surface area contributed by atoms with E-state index in [9.17, 15) is 0 Å². The molecule has 1 saturated carbocycles. The summed E-state index contributed by atoms with van der Waals surface area (Å²) in [5, 5.41) is 0. The molecule has 0 spiro atoms. The van der Waals surface area contributed by atoms with Gasteiger partial charge in [-0.15, -0.1) is 0 Å². The van der Waals surface area contributed by atoms with E-state index in [2.05, 4.69) is 23.9 Å². The van der Waals surface area contributed by atoms with Gasteiger partial charge in [0.15, 0.2) is 0 Å². The zero-order chi connectivity index (χ0) is 11.6. The Morgan fingerprint density at radius 3 is 2.56 bits per heavy atom. The van der Waals surface area contributed by atoms with E-state index < -0.39 is 0 Å². The summed E-state index contributed by atoms with van der Waals surface area (Å²) >= 11 is 0. The van der Waals surface area contributed by atoms with E-state index in [-0.39, 0.29) is 5.54 Å². The minimum absolute atomic E-state index is 0.133. The highest BCUT2D eigenvalue weighted by molar-refractivity contribution is 4.93. The summed E-state index contributed by atoms with van der Waals surface area (Å²) in [6.07, 6.45) is 7.81. The summed E-state index contributed by atoms with van der Waals surface area (Å²) in [6, 6.07) is 0.735. The van der Waals surface area contributed by atoms with Crippen LogP contribution in [0.15, 0.2) is 0 Å². The van der Waals surface area contributed by atoms with Gasteiger partial charge in [0.25, 0.3) is 0 Å². The Morgan fingerprint density at radius 2 is 1.94 bits per heavy atom. The first kappa shape index (κ1) is 12.3. The maximum absolute atomic E-state index is 6.46. The summed E-state index contributed by atoms with van der Waals surface area (Å²) in [7, 11) is 4.39. The van der Waals surface area contributed by atoms with E-state index in [1.165, 1.54) is 51.6 Å². The van der Waals surface area contributed by atoms with Crippen molar-refractivity contribution >= 4 is 0 Å². The second kappa shape index (κ2) is 5.03. The third-order valence-corrected chi connectivity index (χ3v) is 4.35. The zero-order valence-electron chi connectivity index (χ0n) is 10.9. The number of nitrogens with zero attached hydrogens (tertiary/aromatic N) is 2. The molecular formula is C13H27N3. The summed E-state index contributed by atoms with van der Waals surface area (Å²) in [4.78, 5) is 4.96. The van der Waals surface area contributed by atoms with E-state index >= 15 is 0 Å². The fourth-order valence-corrected chi connectivity index (χ4v) is 3.28. The van der Waals surface area contributed by atoms with Crippen LogP contribution in [0, 0.1) is 0 Å². The van der Waals surface area contributed by atoms with Crippen molar-refractivity contribution in [1.82, 2.24) is 9.80 Å². The molecule has 0 radical (unpaired) electrons. The first-order chi connectivity index (χ1) is 7.59. The Morgan fingerprint density at radius 1 is 1.25 bits per heavy atom. The Balaban J connectivity index is 1.85. The first-order valence-electron chi connectivity index (χ1n) is 6.77. The lowest BCUT2D eigenvalue weighted by molar-refractivity contribution is 0.111. The summed E-state index contributed by atoms with van der Waals surface area (Å²) < 4.78 is 0. The van der Waals surface area contributed by atoms with Gasteiger partial charge in [-0.2, -0.15) is 0 Å². The lowest BCUT2D eigenvalue weighted by Crippen LogP contribution is -2.53. The molecule has 2 fully saturated rings. The van der Waals surface area contributed by atoms with Crippen molar-refractivity contribution in [3.63, 3.8) is 0 Å². The second-order valence-electron chi connectivity index (χ2n) is 6.06. The molecule has 1 aliphatic heterocycles. The van der Waals surface area contributed by atoms with Crippen molar-refractivity contribution in [2.75, 3.05) is 33.7 Å². The number of hydrogen-bond donors (Lipinski definition) is 1. The molecule has 0 amide bonds. The second-order valence-corrected chi connectivity index (χ2v) is 6.06. The molecule has 16 heavy (non-hydrogen) atoms. The van der Waals surface area contributed by atoms with Crippen molar-refractivity contribution in [1.29, 1.82) is 0 Å². The highest BCUT2D eigenvalue weighted by atomic mass is 15.2. The van der Waals surface area contributed by atoms with E-state index in [0.29, 0.717) is 0 Å². The molecule has 3 nitrogen and oxygen atoms in total. The Kier molecular flexibility index (Phi) is 3.88. The fraction of sp³-hybridized carbons (Fsp3) is 1.00. The molecule has 1 unspecified atom stereocenters. The predicted molar refractivity (Wildman–Crippen MR) is 68.5 cm³/mol. The van der Waals surface area contributed by atoms with E-state index in [4.69, 9.17) is 5.73 Å².